The first-order valence-electron chi connectivity index (χ1n) is 8.65. The first-order valence-corrected chi connectivity index (χ1v) is 8.65. The lowest BCUT2D eigenvalue weighted by Crippen LogP contribution is -2.37. The summed E-state index contributed by atoms with van der Waals surface area (Å²) in [5.74, 6) is -1.86. The molecule has 2 aromatic carbocycles. The van der Waals surface area contributed by atoms with Gasteiger partial charge in [0.05, 0.1) is 11.3 Å². The minimum absolute atomic E-state index is 0.0694. The van der Waals surface area contributed by atoms with E-state index in [4.69, 9.17) is 0 Å². The van der Waals surface area contributed by atoms with E-state index in [9.17, 15) is 14.4 Å². The molecule has 0 aliphatic rings. The van der Waals surface area contributed by atoms with Crippen molar-refractivity contribution in [3.05, 3.63) is 78.4 Å². The third-order valence-electron chi connectivity index (χ3n) is 3.97. The Morgan fingerprint density at radius 1 is 0.963 bits per heavy atom. The monoisotopic (exact) mass is 365 g/mol. The number of rotatable bonds is 7. The zero-order valence-corrected chi connectivity index (χ0v) is 15.2. The van der Waals surface area contributed by atoms with Crippen LogP contribution in [0.2, 0.25) is 0 Å². The SMILES string of the molecule is C=CCNC(=O)c1ccccc1NC(=O)C(=O)NC[C@H](C)c1ccccc1. The topological polar surface area (TPSA) is 87.3 Å². The highest BCUT2D eigenvalue weighted by Gasteiger charge is 2.18. The lowest BCUT2D eigenvalue weighted by atomic mass is 10.0. The summed E-state index contributed by atoms with van der Waals surface area (Å²) in [7, 11) is 0. The van der Waals surface area contributed by atoms with Crippen LogP contribution in [0.1, 0.15) is 28.8 Å². The Hall–Kier alpha value is -3.41. The standard InChI is InChI=1S/C21H23N3O3/c1-3-13-22-19(25)17-11-7-8-12-18(17)24-21(27)20(26)23-14-15(2)16-9-5-4-6-10-16/h3-12,15H,1,13-14H2,2H3,(H,22,25)(H,23,26)(H,24,27)/t15-/m0/s1. The Balaban J connectivity index is 1.95. The smallest absolute Gasteiger partial charge is 0.313 e. The second kappa shape index (κ2) is 9.91. The van der Waals surface area contributed by atoms with Gasteiger partial charge in [-0.2, -0.15) is 0 Å². The van der Waals surface area contributed by atoms with Crippen LogP contribution in [-0.2, 0) is 9.59 Å². The lowest BCUT2D eigenvalue weighted by Gasteiger charge is -2.14. The van der Waals surface area contributed by atoms with Crippen LogP contribution in [0.4, 0.5) is 5.69 Å². The minimum Gasteiger partial charge on any atom is -0.349 e. The van der Waals surface area contributed by atoms with Gasteiger partial charge in [-0.15, -0.1) is 6.58 Å². The molecule has 140 valence electrons. The molecule has 2 rings (SSSR count). The molecule has 27 heavy (non-hydrogen) atoms. The van der Waals surface area contributed by atoms with E-state index in [0.29, 0.717) is 13.1 Å². The first-order chi connectivity index (χ1) is 13.0. The molecular weight excluding hydrogens is 342 g/mol. The summed E-state index contributed by atoms with van der Waals surface area (Å²) in [6.07, 6.45) is 1.56. The molecule has 0 aliphatic carbocycles. The number of anilines is 1. The molecule has 0 saturated carbocycles. The molecule has 6 heteroatoms. The van der Waals surface area contributed by atoms with Crippen molar-refractivity contribution in [2.45, 2.75) is 12.8 Å². The summed E-state index contributed by atoms with van der Waals surface area (Å²) in [5.41, 5.74) is 1.62. The number of carbonyl (C=O) groups excluding carboxylic acids is 3. The number of hydrogen-bond donors (Lipinski definition) is 3. The number of hydrogen-bond acceptors (Lipinski definition) is 3. The van der Waals surface area contributed by atoms with Crippen molar-refractivity contribution >= 4 is 23.4 Å². The average molecular weight is 365 g/mol. The van der Waals surface area contributed by atoms with E-state index in [0.717, 1.165) is 5.56 Å². The molecule has 0 saturated heterocycles. The second-order valence-corrected chi connectivity index (χ2v) is 6.02. The maximum absolute atomic E-state index is 12.2. The molecule has 0 heterocycles. The number of nitrogens with one attached hydrogen (secondary N) is 3. The van der Waals surface area contributed by atoms with Gasteiger partial charge in [0.15, 0.2) is 0 Å². The molecule has 3 N–H and O–H groups in total. The molecule has 0 bridgehead atoms. The average Bonchev–Trinajstić information content (AvgIpc) is 2.70. The van der Waals surface area contributed by atoms with Crippen molar-refractivity contribution in [2.24, 2.45) is 0 Å². The van der Waals surface area contributed by atoms with Crippen LogP contribution >= 0.6 is 0 Å². The van der Waals surface area contributed by atoms with Crippen LogP contribution in [0.15, 0.2) is 67.3 Å². The Kier molecular flexibility index (Phi) is 7.31. The summed E-state index contributed by atoms with van der Waals surface area (Å²) in [6.45, 7) is 6.14. The van der Waals surface area contributed by atoms with Crippen molar-refractivity contribution in [2.75, 3.05) is 18.4 Å². The van der Waals surface area contributed by atoms with E-state index >= 15 is 0 Å². The maximum Gasteiger partial charge on any atom is 0.313 e. The maximum atomic E-state index is 12.2. The molecule has 2 aromatic rings. The van der Waals surface area contributed by atoms with Crippen molar-refractivity contribution in [1.29, 1.82) is 0 Å². The molecule has 6 nitrogen and oxygen atoms in total. The molecule has 0 fully saturated rings. The van der Waals surface area contributed by atoms with Crippen LogP contribution < -0.4 is 16.0 Å². The second-order valence-electron chi connectivity index (χ2n) is 6.02. The van der Waals surface area contributed by atoms with E-state index in [-0.39, 0.29) is 23.1 Å². The van der Waals surface area contributed by atoms with E-state index in [1.54, 1.807) is 30.3 Å². The van der Waals surface area contributed by atoms with Crippen LogP contribution in [0.3, 0.4) is 0 Å². The van der Waals surface area contributed by atoms with E-state index in [1.165, 1.54) is 0 Å². The summed E-state index contributed by atoms with van der Waals surface area (Å²) in [6, 6.07) is 16.2. The third-order valence-corrected chi connectivity index (χ3v) is 3.97. The number of carbonyl (C=O) groups is 3. The van der Waals surface area contributed by atoms with Crippen LogP contribution in [0, 0.1) is 0 Å². The van der Waals surface area contributed by atoms with Crippen LogP contribution in [-0.4, -0.2) is 30.8 Å². The number of para-hydroxylation sites is 1. The highest BCUT2D eigenvalue weighted by molar-refractivity contribution is 6.40. The largest absolute Gasteiger partial charge is 0.349 e. The molecule has 3 amide bonds. The van der Waals surface area contributed by atoms with E-state index in [1.807, 2.05) is 37.3 Å². The minimum atomic E-state index is -0.820. The first kappa shape index (κ1) is 19.9. The van der Waals surface area contributed by atoms with Gasteiger partial charge in [0, 0.05) is 13.1 Å². The lowest BCUT2D eigenvalue weighted by molar-refractivity contribution is -0.136. The van der Waals surface area contributed by atoms with Gasteiger partial charge in [-0.25, -0.2) is 0 Å². The van der Waals surface area contributed by atoms with Crippen molar-refractivity contribution in [3.8, 4) is 0 Å². The molecule has 0 radical (unpaired) electrons. The highest BCUT2D eigenvalue weighted by atomic mass is 16.2. The van der Waals surface area contributed by atoms with Gasteiger partial charge >= 0.3 is 11.8 Å². The van der Waals surface area contributed by atoms with Crippen molar-refractivity contribution < 1.29 is 14.4 Å². The molecular formula is C21H23N3O3. The van der Waals surface area contributed by atoms with Gasteiger partial charge in [-0.1, -0.05) is 55.5 Å². The van der Waals surface area contributed by atoms with Gasteiger partial charge < -0.3 is 16.0 Å². The Labute approximate surface area is 158 Å². The molecule has 1 atom stereocenters. The summed E-state index contributed by atoms with van der Waals surface area (Å²) >= 11 is 0. The summed E-state index contributed by atoms with van der Waals surface area (Å²) in [4.78, 5) is 36.4. The zero-order chi connectivity index (χ0) is 19.6. The van der Waals surface area contributed by atoms with E-state index < -0.39 is 11.8 Å². The molecule has 0 aliphatic heterocycles. The molecule has 0 unspecified atom stereocenters. The van der Waals surface area contributed by atoms with E-state index in [2.05, 4.69) is 22.5 Å². The fourth-order valence-corrected chi connectivity index (χ4v) is 2.45. The van der Waals surface area contributed by atoms with Crippen molar-refractivity contribution in [3.63, 3.8) is 0 Å². The van der Waals surface area contributed by atoms with Crippen LogP contribution in [0.5, 0.6) is 0 Å². The summed E-state index contributed by atoms with van der Waals surface area (Å²) < 4.78 is 0. The fraction of sp³-hybridized carbons (Fsp3) is 0.190. The highest BCUT2D eigenvalue weighted by Crippen LogP contribution is 2.15. The number of amides is 3. The molecule has 0 aromatic heterocycles. The van der Waals surface area contributed by atoms with Crippen LogP contribution in [0.25, 0.3) is 0 Å². The zero-order valence-electron chi connectivity index (χ0n) is 15.2. The Morgan fingerprint density at radius 2 is 1.63 bits per heavy atom. The normalized spacial score (nSPS) is 11.1. The predicted octanol–water partition coefficient (Wildman–Crippen LogP) is 2.46. The number of benzene rings is 2. The Bertz CT molecular complexity index is 818. The Morgan fingerprint density at radius 3 is 2.33 bits per heavy atom. The fourth-order valence-electron chi connectivity index (χ4n) is 2.45. The van der Waals surface area contributed by atoms with Crippen molar-refractivity contribution in [1.82, 2.24) is 10.6 Å². The molecule has 0 spiro atoms. The van der Waals surface area contributed by atoms with Gasteiger partial charge in [-0.05, 0) is 23.6 Å². The quantitative estimate of drug-likeness (QED) is 0.520. The van der Waals surface area contributed by atoms with Gasteiger partial charge in [-0.3, -0.25) is 14.4 Å². The third kappa shape index (κ3) is 5.81. The predicted molar refractivity (Wildman–Crippen MR) is 105 cm³/mol. The van der Waals surface area contributed by atoms with Gasteiger partial charge in [0.1, 0.15) is 0 Å². The summed E-state index contributed by atoms with van der Waals surface area (Å²) in [5, 5.41) is 7.75. The van der Waals surface area contributed by atoms with Gasteiger partial charge in [0.25, 0.3) is 5.91 Å². The van der Waals surface area contributed by atoms with Gasteiger partial charge in [0.2, 0.25) is 0 Å².